The normalized spacial score (nSPS) is 14.6. The fraction of sp³-hybridized carbons (Fsp3) is 0.688. The Bertz CT molecular complexity index is 426. The number of aryl methyl sites for hydroxylation is 2. The summed E-state index contributed by atoms with van der Waals surface area (Å²) >= 11 is 0. The number of nitrogens with zero attached hydrogens (tertiary/aromatic N) is 2. The first kappa shape index (κ1) is 14.3. The number of aromatic nitrogens is 1. The molecule has 1 aromatic rings. The average Bonchev–Trinajstić information content (AvgIpc) is 2.43. The largest absolute Gasteiger partial charge is 0.359 e. The summed E-state index contributed by atoms with van der Waals surface area (Å²) < 4.78 is 0. The monoisotopic (exact) mass is 261 g/mol. The molecule has 0 saturated carbocycles. The van der Waals surface area contributed by atoms with Gasteiger partial charge in [0.05, 0.1) is 0 Å². The maximum Gasteiger partial charge on any atom is 0.133 e. The Balaban J connectivity index is 2.22. The predicted molar refractivity (Wildman–Crippen MR) is 81.5 cm³/mol. The molecule has 0 unspecified atom stereocenters. The Morgan fingerprint density at radius 2 is 2.05 bits per heavy atom. The van der Waals surface area contributed by atoms with Crippen LogP contribution < -0.4 is 10.6 Å². The average molecular weight is 261 g/mol. The number of rotatable bonds is 5. The summed E-state index contributed by atoms with van der Waals surface area (Å²) in [6, 6.07) is 2.29. The minimum atomic E-state index is 0.585. The highest BCUT2D eigenvalue weighted by Gasteiger charge is 2.16. The Labute approximate surface area is 117 Å². The summed E-state index contributed by atoms with van der Waals surface area (Å²) in [7, 11) is 2.14. The van der Waals surface area contributed by atoms with Gasteiger partial charge in [0.1, 0.15) is 5.82 Å². The Kier molecular flexibility index (Phi) is 4.81. The van der Waals surface area contributed by atoms with Gasteiger partial charge in [0, 0.05) is 31.4 Å². The van der Waals surface area contributed by atoms with Crippen LogP contribution in [-0.2, 0) is 19.4 Å². The van der Waals surface area contributed by atoms with Crippen molar-refractivity contribution in [3.05, 3.63) is 22.9 Å². The third-order valence-corrected chi connectivity index (χ3v) is 3.98. The molecule has 2 N–H and O–H groups in total. The quantitative estimate of drug-likeness (QED) is 0.886. The molecule has 19 heavy (non-hydrogen) atoms. The number of hydrogen-bond donors (Lipinski definition) is 1. The molecule has 0 radical (unpaired) electrons. The van der Waals surface area contributed by atoms with Gasteiger partial charge in [0.2, 0.25) is 0 Å². The number of pyridine rings is 1. The molecule has 2 rings (SSSR count). The molecule has 3 heteroatoms. The first-order valence-corrected chi connectivity index (χ1v) is 7.54. The van der Waals surface area contributed by atoms with Gasteiger partial charge in [0.15, 0.2) is 0 Å². The van der Waals surface area contributed by atoms with Crippen molar-refractivity contribution in [3.8, 4) is 0 Å². The zero-order valence-corrected chi connectivity index (χ0v) is 12.6. The van der Waals surface area contributed by atoms with Gasteiger partial charge in [-0.1, -0.05) is 13.8 Å². The van der Waals surface area contributed by atoms with Crippen molar-refractivity contribution in [2.24, 2.45) is 11.7 Å². The van der Waals surface area contributed by atoms with Crippen molar-refractivity contribution in [1.82, 2.24) is 4.98 Å². The van der Waals surface area contributed by atoms with E-state index in [-0.39, 0.29) is 0 Å². The summed E-state index contributed by atoms with van der Waals surface area (Å²) in [6.07, 6.45) is 6.06. The lowest BCUT2D eigenvalue weighted by atomic mass is 9.94. The van der Waals surface area contributed by atoms with Crippen LogP contribution in [0.25, 0.3) is 0 Å². The van der Waals surface area contributed by atoms with Crippen molar-refractivity contribution >= 4 is 5.82 Å². The molecule has 1 heterocycles. The van der Waals surface area contributed by atoms with Crippen molar-refractivity contribution in [2.75, 3.05) is 18.5 Å². The zero-order valence-electron chi connectivity index (χ0n) is 12.6. The van der Waals surface area contributed by atoms with Gasteiger partial charge in [0.25, 0.3) is 0 Å². The predicted octanol–water partition coefficient (Wildman–Crippen LogP) is 2.90. The molecule has 106 valence electrons. The van der Waals surface area contributed by atoms with Gasteiger partial charge in [-0.25, -0.2) is 4.98 Å². The SMILES string of the molecule is CC(C)CCN(C)c1nc2c(cc1CN)CCCC2. The van der Waals surface area contributed by atoms with Crippen LogP contribution in [0.2, 0.25) is 0 Å². The lowest BCUT2D eigenvalue weighted by Gasteiger charge is -2.25. The van der Waals surface area contributed by atoms with Gasteiger partial charge < -0.3 is 10.6 Å². The maximum absolute atomic E-state index is 5.91. The molecule has 0 saturated heterocycles. The molecule has 0 bridgehead atoms. The number of hydrogen-bond acceptors (Lipinski definition) is 3. The van der Waals surface area contributed by atoms with Crippen LogP contribution in [0, 0.1) is 5.92 Å². The minimum Gasteiger partial charge on any atom is -0.359 e. The van der Waals surface area contributed by atoms with Crippen LogP contribution >= 0.6 is 0 Å². The second-order valence-electron chi connectivity index (χ2n) is 6.09. The first-order valence-electron chi connectivity index (χ1n) is 7.54. The van der Waals surface area contributed by atoms with Gasteiger partial charge in [-0.05, 0) is 49.7 Å². The van der Waals surface area contributed by atoms with E-state index >= 15 is 0 Å². The smallest absolute Gasteiger partial charge is 0.133 e. The third-order valence-electron chi connectivity index (χ3n) is 3.98. The fourth-order valence-electron chi connectivity index (χ4n) is 2.71. The number of nitrogens with two attached hydrogens (primary N) is 1. The van der Waals surface area contributed by atoms with Crippen LogP contribution in [0.1, 0.15) is 49.9 Å². The maximum atomic E-state index is 5.91. The summed E-state index contributed by atoms with van der Waals surface area (Å²) in [5.41, 5.74) is 9.84. The zero-order chi connectivity index (χ0) is 13.8. The van der Waals surface area contributed by atoms with Gasteiger partial charge in [-0.15, -0.1) is 0 Å². The van der Waals surface area contributed by atoms with Gasteiger partial charge in [-0.2, -0.15) is 0 Å². The third kappa shape index (κ3) is 3.47. The molecule has 1 aliphatic rings. The molecule has 1 aromatic heterocycles. The molecule has 0 aromatic carbocycles. The Morgan fingerprint density at radius 3 is 2.74 bits per heavy atom. The number of anilines is 1. The standard InChI is InChI=1S/C16H27N3/c1-12(2)8-9-19(3)16-14(11-17)10-13-6-4-5-7-15(13)18-16/h10,12H,4-9,11,17H2,1-3H3. The van der Waals surface area contributed by atoms with E-state index in [4.69, 9.17) is 10.7 Å². The highest BCUT2D eigenvalue weighted by molar-refractivity contribution is 5.50. The topological polar surface area (TPSA) is 42.2 Å². The van der Waals surface area contributed by atoms with E-state index in [0.717, 1.165) is 24.7 Å². The molecule has 1 aliphatic carbocycles. The molecule has 0 fully saturated rings. The highest BCUT2D eigenvalue weighted by atomic mass is 15.2. The summed E-state index contributed by atoms with van der Waals surface area (Å²) in [4.78, 5) is 7.18. The Hall–Kier alpha value is -1.09. The van der Waals surface area contributed by atoms with Crippen molar-refractivity contribution in [2.45, 2.75) is 52.5 Å². The van der Waals surface area contributed by atoms with Crippen LogP contribution in [0.4, 0.5) is 5.82 Å². The molecule has 0 amide bonds. The minimum absolute atomic E-state index is 0.585. The van der Waals surface area contributed by atoms with Crippen LogP contribution in [0.15, 0.2) is 6.07 Å². The van der Waals surface area contributed by atoms with E-state index in [1.54, 1.807) is 0 Å². The van der Waals surface area contributed by atoms with Crippen molar-refractivity contribution in [1.29, 1.82) is 0 Å². The molecule has 0 aliphatic heterocycles. The van der Waals surface area contributed by atoms with E-state index in [9.17, 15) is 0 Å². The molecular formula is C16H27N3. The van der Waals surface area contributed by atoms with Crippen LogP contribution in [-0.4, -0.2) is 18.6 Å². The lowest BCUT2D eigenvalue weighted by Crippen LogP contribution is -2.24. The van der Waals surface area contributed by atoms with E-state index in [1.807, 2.05) is 0 Å². The second-order valence-corrected chi connectivity index (χ2v) is 6.09. The molecular weight excluding hydrogens is 234 g/mol. The molecule has 3 nitrogen and oxygen atoms in total. The van der Waals surface area contributed by atoms with Crippen molar-refractivity contribution in [3.63, 3.8) is 0 Å². The Morgan fingerprint density at radius 1 is 1.32 bits per heavy atom. The lowest BCUT2D eigenvalue weighted by molar-refractivity contribution is 0.581. The van der Waals surface area contributed by atoms with E-state index in [0.29, 0.717) is 6.54 Å². The summed E-state index contributed by atoms with van der Waals surface area (Å²) in [5, 5.41) is 0. The van der Waals surface area contributed by atoms with E-state index in [1.165, 1.54) is 42.5 Å². The number of fused-ring (bicyclic) bond motifs is 1. The highest BCUT2D eigenvalue weighted by Crippen LogP contribution is 2.26. The summed E-state index contributed by atoms with van der Waals surface area (Å²) in [5.74, 6) is 1.82. The van der Waals surface area contributed by atoms with Crippen LogP contribution in [0.3, 0.4) is 0 Å². The van der Waals surface area contributed by atoms with Gasteiger partial charge in [-0.3, -0.25) is 0 Å². The van der Waals surface area contributed by atoms with Crippen molar-refractivity contribution < 1.29 is 0 Å². The molecule has 0 spiro atoms. The first-order chi connectivity index (χ1) is 9.11. The van der Waals surface area contributed by atoms with Crippen LogP contribution in [0.5, 0.6) is 0 Å². The van der Waals surface area contributed by atoms with Gasteiger partial charge >= 0.3 is 0 Å². The second kappa shape index (κ2) is 6.38. The fourth-order valence-corrected chi connectivity index (χ4v) is 2.71. The molecule has 0 atom stereocenters. The van der Waals surface area contributed by atoms with E-state index in [2.05, 4.69) is 31.9 Å². The van der Waals surface area contributed by atoms with E-state index < -0.39 is 0 Å². The summed E-state index contributed by atoms with van der Waals surface area (Å²) in [6.45, 7) is 6.16.